The summed E-state index contributed by atoms with van der Waals surface area (Å²) in [5.41, 5.74) is 1.55. The van der Waals surface area contributed by atoms with Crippen molar-refractivity contribution in [3.05, 3.63) is 30.3 Å². The highest BCUT2D eigenvalue weighted by Gasteiger charge is 2.64. The molecule has 3 rings (SSSR count). The lowest BCUT2D eigenvalue weighted by Crippen LogP contribution is -2.33. The molecule has 2 atom stereocenters. The molecular weight excluding hydrogens is 222 g/mol. The van der Waals surface area contributed by atoms with Gasteiger partial charge in [0.05, 0.1) is 11.4 Å². The second-order valence-corrected chi connectivity index (χ2v) is 6.31. The minimum Gasteiger partial charge on any atom is -0.292 e. The lowest BCUT2D eigenvalue weighted by Gasteiger charge is -2.31. The summed E-state index contributed by atoms with van der Waals surface area (Å²) >= 11 is 0. The van der Waals surface area contributed by atoms with Gasteiger partial charge < -0.3 is 0 Å². The molecule has 2 bridgehead atoms. The van der Waals surface area contributed by atoms with E-state index in [4.69, 9.17) is 0 Å². The molecule has 2 nitrogen and oxygen atoms in total. The minimum atomic E-state index is -0.203. The molecule has 0 saturated heterocycles. The number of aliphatic imine (C=N–C) groups is 1. The Bertz CT molecular complexity index is 529. The molecule has 0 radical (unpaired) electrons. The third kappa shape index (κ3) is 1.29. The van der Waals surface area contributed by atoms with E-state index < -0.39 is 0 Å². The van der Waals surface area contributed by atoms with Crippen LogP contribution in [-0.2, 0) is 4.79 Å². The summed E-state index contributed by atoms with van der Waals surface area (Å²) in [5.74, 6) is 0.600. The molecule has 18 heavy (non-hydrogen) atoms. The van der Waals surface area contributed by atoms with Crippen LogP contribution in [0.15, 0.2) is 35.3 Å². The highest BCUT2D eigenvalue weighted by atomic mass is 16.1. The second kappa shape index (κ2) is 3.53. The van der Waals surface area contributed by atoms with Gasteiger partial charge in [-0.05, 0) is 30.4 Å². The van der Waals surface area contributed by atoms with Crippen LogP contribution in [0.1, 0.15) is 33.6 Å². The van der Waals surface area contributed by atoms with E-state index in [9.17, 15) is 4.79 Å². The molecule has 1 aromatic rings. The van der Waals surface area contributed by atoms with Crippen molar-refractivity contribution in [2.75, 3.05) is 0 Å². The maximum absolute atomic E-state index is 12.6. The van der Waals surface area contributed by atoms with Gasteiger partial charge >= 0.3 is 0 Å². The number of para-hydroxylation sites is 1. The van der Waals surface area contributed by atoms with E-state index in [0.717, 1.165) is 24.2 Å². The van der Waals surface area contributed by atoms with Gasteiger partial charge in [0.15, 0.2) is 5.78 Å². The maximum atomic E-state index is 12.6. The van der Waals surface area contributed by atoms with Gasteiger partial charge in [0.25, 0.3) is 0 Å². The van der Waals surface area contributed by atoms with Crippen molar-refractivity contribution in [3.63, 3.8) is 0 Å². The van der Waals surface area contributed by atoms with Crippen molar-refractivity contribution in [1.29, 1.82) is 0 Å². The first-order valence-electron chi connectivity index (χ1n) is 6.65. The predicted molar refractivity (Wildman–Crippen MR) is 73.2 cm³/mol. The fourth-order valence-corrected chi connectivity index (χ4v) is 3.60. The number of nitrogens with zero attached hydrogens (tertiary/aromatic N) is 1. The lowest BCUT2D eigenvalue weighted by atomic mass is 9.70. The fourth-order valence-electron chi connectivity index (χ4n) is 3.60. The van der Waals surface area contributed by atoms with Crippen LogP contribution in [0.4, 0.5) is 5.69 Å². The average Bonchev–Trinajstić information content (AvgIpc) is 2.65. The smallest absolute Gasteiger partial charge is 0.183 e. The number of carbonyl (C=O) groups excluding carboxylic acids is 1. The van der Waals surface area contributed by atoms with Crippen LogP contribution in [0.3, 0.4) is 0 Å². The molecule has 0 spiro atoms. The molecular formula is C16H19NO. The SMILES string of the molecule is CC1(C)[C@H]2CC[C@]1(C)C(=O)C2=Nc1ccccc1. The van der Waals surface area contributed by atoms with Crippen LogP contribution >= 0.6 is 0 Å². The largest absolute Gasteiger partial charge is 0.292 e. The minimum absolute atomic E-state index is 0.0533. The van der Waals surface area contributed by atoms with Crippen molar-refractivity contribution in [2.24, 2.45) is 21.7 Å². The predicted octanol–water partition coefficient (Wildman–Crippen LogP) is 3.78. The van der Waals surface area contributed by atoms with Crippen molar-refractivity contribution >= 4 is 17.2 Å². The molecule has 2 fully saturated rings. The molecule has 2 aliphatic carbocycles. The number of carbonyl (C=O) groups is 1. The van der Waals surface area contributed by atoms with Crippen molar-refractivity contribution in [3.8, 4) is 0 Å². The summed E-state index contributed by atoms with van der Waals surface area (Å²) in [7, 11) is 0. The van der Waals surface area contributed by atoms with E-state index in [1.807, 2.05) is 30.3 Å². The van der Waals surface area contributed by atoms with Gasteiger partial charge in [-0.25, -0.2) is 4.99 Å². The highest BCUT2D eigenvalue weighted by Crippen LogP contribution is 2.62. The molecule has 0 aromatic heterocycles. The summed E-state index contributed by atoms with van der Waals surface area (Å²) in [6.07, 6.45) is 2.11. The van der Waals surface area contributed by atoms with Crippen LogP contribution in [0.5, 0.6) is 0 Å². The van der Waals surface area contributed by atoms with Crippen molar-refractivity contribution in [2.45, 2.75) is 33.6 Å². The number of hydrogen-bond acceptors (Lipinski definition) is 2. The van der Waals surface area contributed by atoms with Crippen LogP contribution in [0.25, 0.3) is 0 Å². The Kier molecular flexibility index (Phi) is 2.28. The number of rotatable bonds is 1. The zero-order valence-corrected chi connectivity index (χ0v) is 11.2. The Morgan fingerprint density at radius 2 is 1.83 bits per heavy atom. The summed E-state index contributed by atoms with van der Waals surface area (Å²) in [5, 5.41) is 0. The molecule has 0 aliphatic heterocycles. The number of benzene rings is 1. The second-order valence-electron chi connectivity index (χ2n) is 6.31. The standard InChI is InChI=1S/C16H19NO/c1-15(2)12-9-10-16(15,3)14(18)13(12)17-11-7-5-4-6-8-11/h4-8,12H,9-10H2,1-3H3/t12-,16+/m0/s1. The number of ketones is 1. The van der Waals surface area contributed by atoms with Gasteiger partial charge in [-0.15, -0.1) is 0 Å². The molecule has 0 heterocycles. The topological polar surface area (TPSA) is 29.4 Å². The van der Waals surface area contributed by atoms with Crippen LogP contribution < -0.4 is 0 Å². The molecule has 94 valence electrons. The van der Waals surface area contributed by atoms with Gasteiger partial charge in [0.1, 0.15) is 0 Å². The Balaban J connectivity index is 2.07. The van der Waals surface area contributed by atoms with E-state index in [2.05, 4.69) is 25.8 Å². The van der Waals surface area contributed by atoms with E-state index in [0.29, 0.717) is 5.92 Å². The molecule has 0 amide bonds. The maximum Gasteiger partial charge on any atom is 0.183 e. The van der Waals surface area contributed by atoms with Gasteiger partial charge in [0.2, 0.25) is 0 Å². The average molecular weight is 241 g/mol. The summed E-state index contributed by atoms with van der Waals surface area (Å²) in [4.78, 5) is 17.2. The summed E-state index contributed by atoms with van der Waals surface area (Å²) in [6, 6.07) is 9.81. The zero-order valence-electron chi connectivity index (χ0n) is 11.2. The van der Waals surface area contributed by atoms with Crippen LogP contribution in [0, 0.1) is 16.7 Å². The Morgan fingerprint density at radius 3 is 2.39 bits per heavy atom. The van der Waals surface area contributed by atoms with E-state index in [1.54, 1.807) is 0 Å². The van der Waals surface area contributed by atoms with Gasteiger partial charge in [0, 0.05) is 11.3 Å². The summed E-state index contributed by atoms with van der Waals surface area (Å²) in [6.45, 7) is 6.55. The van der Waals surface area contributed by atoms with Gasteiger partial charge in [-0.3, -0.25) is 4.79 Å². The van der Waals surface area contributed by atoms with Crippen LogP contribution in [-0.4, -0.2) is 11.5 Å². The van der Waals surface area contributed by atoms with Gasteiger partial charge in [-0.1, -0.05) is 39.0 Å². The Hall–Kier alpha value is -1.44. The first-order chi connectivity index (χ1) is 8.47. The first-order valence-corrected chi connectivity index (χ1v) is 6.65. The molecule has 0 N–H and O–H groups in total. The fraction of sp³-hybridized carbons (Fsp3) is 0.500. The summed E-state index contributed by atoms with van der Waals surface area (Å²) < 4.78 is 0. The third-order valence-electron chi connectivity index (χ3n) is 5.30. The van der Waals surface area contributed by atoms with E-state index in [1.165, 1.54) is 0 Å². The first kappa shape index (κ1) is 11.6. The van der Waals surface area contributed by atoms with E-state index >= 15 is 0 Å². The Morgan fingerprint density at radius 1 is 1.17 bits per heavy atom. The lowest BCUT2D eigenvalue weighted by molar-refractivity contribution is -0.123. The molecule has 2 heteroatoms. The van der Waals surface area contributed by atoms with Crippen molar-refractivity contribution in [1.82, 2.24) is 0 Å². The zero-order chi connectivity index (χ0) is 13.0. The normalized spacial score (nSPS) is 35.4. The number of fused-ring (bicyclic) bond motifs is 2. The number of Topliss-reactive ketones (excluding diaryl/α,β-unsaturated/α-hetero) is 1. The van der Waals surface area contributed by atoms with Crippen molar-refractivity contribution < 1.29 is 4.79 Å². The molecule has 2 aliphatic rings. The van der Waals surface area contributed by atoms with Gasteiger partial charge in [-0.2, -0.15) is 0 Å². The highest BCUT2D eigenvalue weighted by molar-refractivity contribution is 6.46. The Labute approximate surface area is 108 Å². The van der Waals surface area contributed by atoms with Crippen LogP contribution in [0.2, 0.25) is 0 Å². The quantitative estimate of drug-likeness (QED) is 0.735. The molecule has 0 unspecified atom stereocenters. The molecule has 1 aromatic carbocycles. The monoisotopic (exact) mass is 241 g/mol. The number of hydrogen-bond donors (Lipinski definition) is 0. The third-order valence-corrected chi connectivity index (χ3v) is 5.30. The molecule has 2 saturated carbocycles. The van der Waals surface area contributed by atoms with E-state index in [-0.39, 0.29) is 16.6 Å².